The van der Waals surface area contributed by atoms with E-state index in [2.05, 4.69) is 42.6 Å². The molecule has 1 aliphatic carbocycles. The number of fused-ring (bicyclic) bond motifs is 1. The molecule has 2 aromatic rings. The van der Waals surface area contributed by atoms with Crippen molar-refractivity contribution in [3.63, 3.8) is 0 Å². The number of nitrogens with one attached hydrogen (secondary N) is 4. The molecule has 3 saturated heterocycles. The molecule has 0 atom stereocenters. The van der Waals surface area contributed by atoms with Gasteiger partial charge < -0.3 is 50.9 Å². The number of hydrogen-bond acceptors (Lipinski definition) is 28. The van der Waals surface area contributed by atoms with Crippen LogP contribution in [0.2, 0.25) is 0 Å². The van der Waals surface area contributed by atoms with Gasteiger partial charge >= 0.3 is 47.9 Å². The molecule has 3 fully saturated rings. The fourth-order valence-corrected chi connectivity index (χ4v) is 8.80. The molecule has 16 amide bonds. The number of imide groups is 6. The number of hydrogen-bond donors (Lipinski definition) is 10. The Morgan fingerprint density at radius 2 is 1.05 bits per heavy atom. The van der Waals surface area contributed by atoms with Crippen molar-refractivity contribution in [2.24, 2.45) is 10.2 Å². The average Bonchev–Trinajstić information content (AvgIpc) is 1.59. The highest BCUT2D eigenvalue weighted by atomic mass is 32.1. The molecule has 105 heavy (non-hydrogen) atoms. The molecule has 0 saturated carbocycles. The predicted octanol–water partition coefficient (Wildman–Crippen LogP) is -2.58. The number of para-hydroxylation sites is 1. The first-order valence-corrected chi connectivity index (χ1v) is 29.4. The number of ketones is 2. The average molecular weight is 1480 g/mol. The van der Waals surface area contributed by atoms with Gasteiger partial charge in [-0.1, -0.05) is 24.8 Å². The highest BCUT2D eigenvalue weighted by Gasteiger charge is 2.40. The molecule has 550 valence electrons. The van der Waals surface area contributed by atoms with E-state index in [0.29, 0.717) is 37.1 Å². The zero-order valence-electron chi connectivity index (χ0n) is 54.3. The van der Waals surface area contributed by atoms with Crippen LogP contribution in [0, 0.1) is 17.9 Å². The first-order valence-electron chi connectivity index (χ1n) is 28.9. The van der Waals surface area contributed by atoms with Crippen LogP contribution in [0.1, 0.15) is 103 Å². The molecule has 10 N–H and O–H groups in total. The van der Waals surface area contributed by atoms with E-state index >= 15 is 0 Å². The highest BCUT2D eigenvalue weighted by molar-refractivity contribution is 7.80. The van der Waals surface area contributed by atoms with Gasteiger partial charge in [0.1, 0.15) is 62.5 Å². The summed E-state index contributed by atoms with van der Waals surface area (Å²) in [5, 5.41) is 77.6. The summed E-state index contributed by atoms with van der Waals surface area (Å²) in [4.78, 5) is 254. The van der Waals surface area contributed by atoms with Crippen molar-refractivity contribution < 1.29 is 146 Å². The molecular formula is C60H54N14O30S. The van der Waals surface area contributed by atoms with E-state index < -0.39 is 128 Å². The maximum Gasteiger partial charge on any atom is 0.341 e. The van der Waals surface area contributed by atoms with Gasteiger partial charge in [-0.05, 0) is 79.6 Å². The topological polar surface area (TPSA) is 644 Å². The van der Waals surface area contributed by atoms with Gasteiger partial charge in [0.05, 0.1) is 24.1 Å². The number of carbonyl (C=O) groups excluding carboxylic acids is 17. The van der Waals surface area contributed by atoms with Gasteiger partial charge in [-0.15, -0.1) is 10.1 Å². The maximum absolute atomic E-state index is 11.5. The van der Waals surface area contributed by atoms with Gasteiger partial charge in [-0.3, -0.25) is 121 Å². The molecule has 7 heterocycles. The van der Waals surface area contributed by atoms with E-state index in [4.69, 9.17) is 42.5 Å². The number of ether oxygens (including phenoxy) is 1. The Hall–Kier alpha value is -14.7. The van der Waals surface area contributed by atoms with Crippen molar-refractivity contribution in [1.82, 2.24) is 45.9 Å². The maximum atomic E-state index is 11.5. The molecule has 10 rings (SSSR count). The molecule has 7 aliphatic heterocycles. The molecule has 0 aromatic heterocycles. The second-order valence-corrected chi connectivity index (χ2v) is 21.2. The summed E-state index contributed by atoms with van der Waals surface area (Å²) in [6.07, 6.45) is -1.37. The number of hydrazone groups is 2. The lowest BCUT2D eigenvalue weighted by Crippen LogP contribution is -2.57. The second-order valence-electron chi connectivity index (χ2n) is 20.8. The number of amides is 16. The number of thiocarbonyl (C=S) groups is 1. The van der Waals surface area contributed by atoms with Crippen LogP contribution in [0.4, 0.5) is 15.3 Å². The normalized spacial score (nSPS) is 16.5. The molecule has 2 aromatic carbocycles. The Morgan fingerprint density at radius 1 is 0.562 bits per heavy atom. The Kier molecular flexibility index (Phi) is 31.6. The molecule has 0 radical (unpaired) electrons. The smallest absolute Gasteiger partial charge is 0.341 e. The van der Waals surface area contributed by atoms with Gasteiger partial charge in [-0.25, -0.2) is 19.2 Å². The minimum absolute atomic E-state index is 0.0151. The van der Waals surface area contributed by atoms with Crippen LogP contribution < -0.4 is 26.3 Å². The molecule has 45 heteroatoms. The lowest BCUT2D eigenvalue weighted by molar-refractivity contribution is -0.151. The van der Waals surface area contributed by atoms with E-state index in [0.717, 1.165) is 9.91 Å². The quantitative estimate of drug-likeness (QED) is 0.0246. The summed E-state index contributed by atoms with van der Waals surface area (Å²) >= 11 is 4.50. The standard InChI is InChI=1S/C10H8N2O3.C10H6O4.C9H8N2O4.C9H11NO4.C8H8N2O7.C6H5N3O3.C4H4N2O3.C4H4N2O2S/c13-7-15-9-6-10(14)12(11-9)8-4-2-1-3-5-8;11-8-4-9(12)7-3-5(10(13)14)1-2-6(7)8;1-5-2-7(12)11(4-8(13)14)9(15)6(5)3-10;1-3-10-6(11)4-5(2)7(8(10)12)9(13)14;11-4-1-5(12)10(3-7(15)16)8(17)9(4)2-6(13)14;1-7-4-2-5(10)9(8-4)3-6(11)12;2*7-2-1-3(8)6-4(9)5-2/h1-5,7H,6H2;1-3H,4H2,(H,13,14);2,4H2,1H3,(H,13,14);3-4H2,1-2H3,(H,13,14);1-3H2,(H,13,14)(H,15,16);2-3H2,(H,11,12);2*1H2,(H2,5,6,7,8,9). The SMILES string of the molecule is CC1=C(C#N)C(=O)N(CC(=O)O)C(=O)C1.CCN1C(=O)CC(C)=C(C(=O)O)C1=O.O=C(O)CN1C(=O)CC(=O)N(CC(=O)O)C1=O.O=C(O)c1ccc2c(c1)C(=O)CC2=O.O=C1CC(=O)NC(=O)N1.O=C1CC(=O)NC(=S)N1.O=COC1=NN(c2ccccc2)C(=O)C1.[C-]#[N+]C1=NN(CC(=O)O)C(=O)C1. The lowest BCUT2D eigenvalue weighted by atomic mass is 10.0. The Labute approximate surface area is 591 Å². The van der Waals surface area contributed by atoms with Crippen molar-refractivity contribution in [1.29, 1.82) is 5.26 Å². The number of carboxylic acids is 6. The van der Waals surface area contributed by atoms with Crippen LogP contribution in [0.5, 0.6) is 0 Å². The number of Topliss-reactive ketones (excluding diaryl/α,β-unsaturated/α-hetero) is 2. The van der Waals surface area contributed by atoms with Gasteiger partial charge in [0.25, 0.3) is 35.9 Å². The Balaban J connectivity index is 0.000000314. The third-order valence-electron chi connectivity index (χ3n) is 13.1. The summed E-state index contributed by atoms with van der Waals surface area (Å²) in [5.74, 6) is -14.8. The number of aliphatic carboxylic acids is 5. The zero-order valence-corrected chi connectivity index (χ0v) is 55.1. The molecule has 0 unspecified atom stereocenters. The number of anilines is 1. The van der Waals surface area contributed by atoms with Gasteiger partial charge in [-0.2, -0.15) is 10.3 Å². The monoisotopic (exact) mass is 1480 g/mol. The predicted molar refractivity (Wildman–Crippen MR) is 341 cm³/mol. The highest BCUT2D eigenvalue weighted by Crippen LogP contribution is 2.25. The number of nitriles is 1. The summed E-state index contributed by atoms with van der Waals surface area (Å²) < 4.78 is 4.53. The molecule has 0 bridgehead atoms. The number of carboxylic acid groups (broad SMARTS) is 6. The number of nitrogens with zero attached hydrogens (tertiary/aromatic N) is 10. The fraction of sp³-hybridized carbons (Fsp3) is 0.267. The van der Waals surface area contributed by atoms with Crippen LogP contribution in [0.15, 0.2) is 81.0 Å². The zero-order chi connectivity index (χ0) is 79.4. The summed E-state index contributed by atoms with van der Waals surface area (Å²) in [6.45, 7) is 8.66. The van der Waals surface area contributed by atoms with Gasteiger partial charge in [0.15, 0.2) is 23.2 Å². The Morgan fingerprint density at radius 3 is 1.50 bits per heavy atom. The second kappa shape index (κ2) is 39.2. The van der Waals surface area contributed by atoms with Gasteiger partial charge in [0, 0.05) is 30.5 Å². The van der Waals surface area contributed by atoms with Crippen LogP contribution >= 0.6 is 12.2 Å². The number of rotatable bonds is 13. The third kappa shape index (κ3) is 25.5. The Bertz CT molecular complexity index is 4160. The van der Waals surface area contributed by atoms with E-state index in [1.54, 1.807) is 37.3 Å². The molecule has 8 aliphatic rings. The molecule has 44 nitrogen and oxygen atoms in total. The van der Waals surface area contributed by atoms with Crippen molar-refractivity contribution in [2.45, 2.75) is 72.1 Å². The van der Waals surface area contributed by atoms with Gasteiger partial charge in [0.2, 0.25) is 53.2 Å². The number of aromatic carboxylic acids is 1. The molecular weight excluding hydrogens is 1430 g/mol. The number of carbonyl (C=O) groups is 23. The minimum atomic E-state index is -1.43. The summed E-state index contributed by atoms with van der Waals surface area (Å²) in [6, 6.07) is 12.6. The molecule has 0 spiro atoms. The number of barbiturate groups is 2. The summed E-state index contributed by atoms with van der Waals surface area (Å²) in [5.41, 5.74) is 1.56. The van der Waals surface area contributed by atoms with E-state index in [-0.39, 0.29) is 132 Å². The number of benzene rings is 2. The largest absolute Gasteiger partial charge is 0.480 e. The first kappa shape index (κ1) is 84.6. The minimum Gasteiger partial charge on any atom is -0.480 e. The van der Waals surface area contributed by atoms with Crippen molar-refractivity contribution in [3.05, 3.63) is 98.9 Å². The summed E-state index contributed by atoms with van der Waals surface area (Å²) in [7, 11) is 0. The first-order chi connectivity index (χ1) is 49.2. The van der Waals surface area contributed by atoms with E-state index in [1.807, 2.05) is 16.7 Å². The van der Waals surface area contributed by atoms with E-state index in [9.17, 15) is 110 Å². The van der Waals surface area contributed by atoms with Crippen LogP contribution in [0.3, 0.4) is 0 Å². The van der Waals surface area contributed by atoms with E-state index in [1.165, 1.54) is 37.1 Å². The van der Waals surface area contributed by atoms with Crippen LogP contribution in [-0.2, 0) is 91.0 Å². The van der Waals surface area contributed by atoms with Crippen LogP contribution in [-0.4, -0.2) is 242 Å². The fourth-order valence-electron chi connectivity index (χ4n) is 8.57. The van der Waals surface area contributed by atoms with Crippen molar-refractivity contribution in [2.75, 3.05) is 37.7 Å². The van der Waals surface area contributed by atoms with Crippen molar-refractivity contribution >= 4 is 172 Å². The number of likely N-dealkylation sites (N-methyl/N-ethyl adjacent to an activating group) is 1. The lowest BCUT2D eigenvalue weighted by Gasteiger charge is -2.30. The number of urea groups is 2. The van der Waals surface area contributed by atoms with Crippen molar-refractivity contribution in [3.8, 4) is 6.07 Å². The number of amidine groups is 1. The third-order valence-corrected chi connectivity index (χ3v) is 13.3. The van der Waals surface area contributed by atoms with Crippen LogP contribution in [0.25, 0.3) is 4.85 Å².